The third-order valence-corrected chi connectivity index (χ3v) is 5.57. The predicted molar refractivity (Wildman–Crippen MR) is 99.2 cm³/mol. The highest BCUT2D eigenvalue weighted by molar-refractivity contribution is 8.01. The first kappa shape index (κ1) is 17.9. The van der Waals surface area contributed by atoms with Gasteiger partial charge in [-0.05, 0) is 11.3 Å². The zero-order chi connectivity index (χ0) is 17.5. The smallest absolute Gasteiger partial charge is 0.277 e. The van der Waals surface area contributed by atoms with Crippen LogP contribution in [0.25, 0.3) is 0 Å². The Morgan fingerprint density at radius 1 is 1.16 bits per heavy atom. The van der Waals surface area contributed by atoms with E-state index in [2.05, 4.69) is 25.7 Å². The first-order chi connectivity index (χ1) is 12.2. The van der Waals surface area contributed by atoms with Gasteiger partial charge in [0.1, 0.15) is 0 Å². The van der Waals surface area contributed by atoms with Gasteiger partial charge in [-0.3, -0.25) is 10.1 Å². The van der Waals surface area contributed by atoms with E-state index in [0.29, 0.717) is 22.7 Å². The number of hydrogen-bond acceptors (Lipinski definition) is 9. The molecule has 0 aliphatic heterocycles. The fourth-order valence-electron chi connectivity index (χ4n) is 1.86. The quantitative estimate of drug-likeness (QED) is 0.460. The normalized spacial score (nSPS) is 10.8. The Morgan fingerprint density at radius 3 is 2.80 bits per heavy atom. The second-order valence-corrected chi connectivity index (χ2v) is 8.18. The molecule has 3 rings (SSSR count). The molecule has 3 aromatic rings. The molecular formula is C15H15N5O2S3. The van der Waals surface area contributed by atoms with Crippen LogP contribution in [0.4, 0.5) is 5.13 Å². The fraction of sp³-hybridized carbons (Fsp3) is 0.267. The van der Waals surface area contributed by atoms with Crippen LogP contribution in [0.5, 0.6) is 0 Å². The Bertz CT molecular complexity index is 821. The van der Waals surface area contributed by atoms with E-state index in [1.54, 1.807) is 11.8 Å². The van der Waals surface area contributed by atoms with Crippen LogP contribution in [-0.4, -0.2) is 37.8 Å². The monoisotopic (exact) mass is 393 g/mol. The summed E-state index contributed by atoms with van der Waals surface area (Å²) in [7, 11) is 0. The lowest BCUT2D eigenvalue weighted by molar-refractivity contribution is -0.113. The number of carbonyl (C=O) groups excluding carboxylic acids is 1. The first-order valence-electron chi connectivity index (χ1n) is 7.48. The highest BCUT2D eigenvalue weighted by atomic mass is 32.2. The maximum atomic E-state index is 12.0. The second kappa shape index (κ2) is 8.97. The predicted octanol–water partition coefficient (Wildman–Crippen LogP) is 3.35. The summed E-state index contributed by atoms with van der Waals surface area (Å²) in [5, 5.41) is 19.5. The molecule has 0 saturated carbocycles. The lowest BCUT2D eigenvalue weighted by atomic mass is 10.2. The Balaban J connectivity index is 1.47. The molecule has 2 heterocycles. The van der Waals surface area contributed by atoms with E-state index in [9.17, 15) is 4.79 Å². The number of anilines is 1. The van der Waals surface area contributed by atoms with Gasteiger partial charge >= 0.3 is 0 Å². The van der Waals surface area contributed by atoms with Crippen molar-refractivity contribution in [2.75, 3.05) is 16.8 Å². The zero-order valence-electron chi connectivity index (χ0n) is 13.3. The molecule has 0 unspecified atom stereocenters. The Labute approximate surface area is 157 Å². The minimum atomic E-state index is -0.183. The van der Waals surface area contributed by atoms with Crippen molar-refractivity contribution in [3.8, 4) is 0 Å². The summed E-state index contributed by atoms with van der Waals surface area (Å²) in [6.45, 7) is 2.04. The Morgan fingerprint density at radius 2 is 2.00 bits per heavy atom. The van der Waals surface area contributed by atoms with Crippen LogP contribution in [0.2, 0.25) is 0 Å². The lowest BCUT2D eigenvalue weighted by Gasteiger charge is -1.98. The lowest BCUT2D eigenvalue weighted by Crippen LogP contribution is -2.13. The third-order valence-electron chi connectivity index (χ3n) is 2.89. The SMILES string of the molecule is CCSc1nnc(NC(=O)CSc2nnc(Cc3ccccc3)o2)s1. The summed E-state index contributed by atoms with van der Waals surface area (Å²) < 4.78 is 6.40. The molecule has 0 bridgehead atoms. The summed E-state index contributed by atoms with van der Waals surface area (Å²) in [5.41, 5.74) is 1.09. The van der Waals surface area contributed by atoms with Gasteiger partial charge in [-0.1, -0.05) is 72.1 Å². The summed E-state index contributed by atoms with van der Waals surface area (Å²) in [4.78, 5) is 12.0. The molecule has 0 saturated heterocycles. The van der Waals surface area contributed by atoms with Crippen molar-refractivity contribution in [2.45, 2.75) is 22.9 Å². The summed E-state index contributed by atoms with van der Waals surface area (Å²) in [5.74, 6) is 1.43. The van der Waals surface area contributed by atoms with Gasteiger partial charge in [0.25, 0.3) is 5.22 Å². The maximum absolute atomic E-state index is 12.0. The number of aromatic nitrogens is 4. The average Bonchev–Trinajstić information content (AvgIpc) is 3.24. The molecule has 0 aliphatic rings. The van der Waals surface area contributed by atoms with Gasteiger partial charge in [0.05, 0.1) is 12.2 Å². The van der Waals surface area contributed by atoms with Crippen LogP contribution >= 0.6 is 34.9 Å². The van der Waals surface area contributed by atoms with Crippen LogP contribution < -0.4 is 5.32 Å². The summed E-state index contributed by atoms with van der Waals surface area (Å²) in [6, 6.07) is 9.88. The van der Waals surface area contributed by atoms with Crippen molar-refractivity contribution in [1.82, 2.24) is 20.4 Å². The molecule has 1 amide bonds. The van der Waals surface area contributed by atoms with Crippen molar-refractivity contribution in [3.63, 3.8) is 0 Å². The van der Waals surface area contributed by atoms with E-state index in [0.717, 1.165) is 15.7 Å². The number of nitrogens with zero attached hydrogens (tertiary/aromatic N) is 4. The Kier molecular flexibility index (Phi) is 6.42. The molecular weight excluding hydrogens is 378 g/mol. The number of carbonyl (C=O) groups is 1. The molecule has 2 aromatic heterocycles. The van der Waals surface area contributed by atoms with Crippen molar-refractivity contribution in [3.05, 3.63) is 41.8 Å². The molecule has 0 atom stereocenters. The minimum Gasteiger partial charge on any atom is -0.416 e. The number of hydrogen-bond donors (Lipinski definition) is 1. The minimum absolute atomic E-state index is 0.169. The molecule has 0 aliphatic carbocycles. The molecule has 1 N–H and O–H groups in total. The van der Waals surface area contributed by atoms with Crippen molar-refractivity contribution < 1.29 is 9.21 Å². The van der Waals surface area contributed by atoms with E-state index in [-0.39, 0.29) is 11.7 Å². The molecule has 130 valence electrons. The van der Waals surface area contributed by atoms with Crippen LogP contribution in [0.15, 0.2) is 44.3 Å². The van der Waals surface area contributed by atoms with Gasteiger partial charge in [-0.2, -0.15) is 0 Å². The molecule has 10 heteroatoms. The van der Waals surface area contributed by atoms with E-state index >= 15 is 0 Å². The van der Waals surface area contributed by atoms with Crippen LogP contribution in [-0.2, 0) is 11.2 Å². The highest BCUT2D eigenvalue weighted by Crippen LogP contribution is 2.25. The largest absolute Gasteiger partial charge is 0.416 e. The third kappa shape index (κ3) is 5.55. The maximum Gasteiger partial charge on any atom is 0.277 e. The van der Waals surface area contributed by atoms with Crippen LogP contribution in [0.3, 0.4) is 0 Å². The molecule has 25 heavy (non-hydrogen) atoms. The van der Waals surface area contributed by atoms with Gasteiger partial charge in [0.2, 0.25) is 16.9 Å². The van der Waals surface area contributed by atoms with Gasteiger partial charge in [-0.15, -0.1) is 20.4 Å². The number of amides is 1. The average molecular weight is 394 g/mol. The van der Waals surface area contributed by atoms with Crippen LogP contribution in [0, 0.1) is 0 Å². The van der Waals surface area contributed by atoms with Gasteiger partial charge in [0, 0.05) is 0 Å². The van der Waals surface area contributed by atoms with E-state index in [1.165, 1.54) is 23.1 Å². The summed E-state index contributed by atoms with van der Waals surface area (Å²) >= 11 is 4.15. The van der Waals surface area contributed by atoms with Gasteiger partial charge < -0.3 is 4.42 Å². The molecule has 0 radical (unpaired) electrons. The van der Waals surface area contributed by atoms with E-state index in [4.69, 9.17) is 4.42 Å². The van der Waals surface area contributed by atoms with Crippen LogP contribution in [0.1, 0.15) is 18.4 Å². The molecule has 0 fully saturated rings. The fourth-order valence-corrected chi connectivity index (χ4v) is 4.11. The standard InChI is InChI=1S/C15H15N5O2S3/c1-2-23-15-20-18-13(25-15)16-11(21)9-24-14-19-17-12(22-14)8-10-6-4-3-5-7-10/h3-7H,2,8-9H2,1H3,(H,16,18,21). The number of thioether (sulfide) groups is 2. The number of benzene rings is 1. The summed E-state index contributed by atoms with van der Waals surface area (Å²) in [6.07, 6.45) is 0.573. The van der Waals surface area contributed by atoms with Crippen molar-refractivity contribution in [1.29, 1.82) is 0 Å². The van der Waals surface area contributed by atoms with E-state index in [1.807, 2.05) is 37.3 Å². The van der Waals surface area contributed by atoms with Crippen molar-refractivity contribution in [2.24, 2.45) is 0 Å². The number of rotatable bonds is 8. The van der Waals surface area contributed by atoms with Gasteiger partial charge in [-0.25, -0.2) is 0 Å². The van der Waals surface area contributed by atoms with Crippen molar-refractivity contribution >= 4 is 45.9 Å². The second-order valence-electron chi connectivity index (χ2n) is 4.77. The Hall–Kier alpha value is -1.91. The molecule has 7 nitrogen and oxygen atoms in total. The highest BCUT2D eigenvalue weighted by Gasteiger charge is 2.12. The zero-order valence-corrected chi connectivity index (χ0v) is 15.8. The first-order valence-corrected chi connectivity index (χ1v) is 10.3. The topological polar surface area (TPSA) is 93.8 Å². The van der Waals surface area contributed by atoms with Gasteiger partial charge in [0.15, 0.2) is 4.34 Å². The molecule has 0 spiro atoms. The van der Waals surface area contributed by atoms with E-state index < -0.39 is 0 Å². The number of nitrogens with one attached hydrogen (secondary N) is 1. The molecule has 1 aromatic carbocycles.